The molecule has 0 aromatic heterocycles. The van der Waals surface area contributed by atoms with Crippen molar-refractivity contribution >= 4 is 17.8 Å². The maximum Gasteiger partial charge on any atom is 0.347 e. The minimum atomic E-state index is -0.765. The summed E-state index contributed by atoms with van der Waals surface area (Å²) in [4.78, 5) is 24.3. The summed E-state index contributed by atoms with van der Waals surface area (Å²) in [5.74, 6) is 1.61. The van der Waals surface area contributed by atoms with Crippen molar-refractivity contribution < 1.29 is 33.3 Å². The monoisotopic (exact) mass is 382 g/mol. The third-order valence-corrected chi connectivity index (χ3v) is 4.27. The minimum Gasteiger partial charge on any atom is -0.479 e. The Morgan fingerprint density at radius 1 is 1.14 bits per heavy atom. The Morgan fingerprint density at radius 3 is 2.79 bits per heavy atom. The van der Waals surface area contributed by atoms with Gasteiger partial charge in [0.15, 0.2) is 23.4 Å². The maximum absolute atomic E-state index is 12.6. The molecule has 28 heavy (non-hydrogen) atoms. The van der Waals surface area contributed by atoms with Crippen LogP contribution in [0, 0.1) is 0 Å². The first-order chi connectivity index (χ1) is 13.5. The van der Waals surface area contributed by atoms with Crippen LogP contribution in [0.4, 0.5) is 0 Å². The SMILES string of the molecule is CCOC(=O)[C@@H](C)Oc1ccc2c(c1)O/C(=C\c1ccc3c(c1)OCO3)C2=O. The summed E-state index contributed by atoms with van der Waals surface area (Å²) in [7, 11) is 0. The van der Waals surface area contributed by atoms with E-state index in [2.05, 4.69) is 0 Å². The molecule has 2 aromatic rings. The zero-order valence-corrected chi connectivity index (χ0v) is 15.4. The molecule has 4 rings (SSSR count). The van der Waals surface area contributed by atoms with Gasteiger partial charge in [-0.2, -0.15) is 0 Å². The van der Waals surface area contributed by atoms with Crippen LogP contribution in [0.1, 0.15) is 29.8 Å². The number of benzene rings is 2. The van der Waals surface area contributed by atoms with E-state index in [9.17, 15) is 9.59 Å². The second kappa shape index (κ2) is 7.26. The number of carbonyl (C=O) groups is 2. The fourth-order valence-corrected chi connectivity index (χ4v) is 2.91. The number of ether oxygens (including phenoxy) is 5. The van der Waals surface area contributed by atoms with Crippen molar-refractivity contribution in [2.75, 3.05) is 13.4 Å². The molecule has 0 fully saturated rings. The van der Waals surface area contributed by atoms with Crippen molar-refractivity contribution in [3.05, 3.63) is 53.3 Å². The molecule has 144 valence electrons. The number of hydrogen-bond acceptors (Lipinski definition) is 7. The van der Waals surface area contributed by atoms with E-state index in [1.54, 1.807) is 50.3 Å². The van der Waals surface area contributed by atoms with Gasteiger partial charge in [0.25, 0.3) is 0 Å². The van der Waals surface area contributed by atoms with Gasteiger partial charge >= 0.3 is 5.97 Å². The summed E-state index contributed by atoms with van der Waals surface area (Å²) in [6.45, 7) is 3.79. The minimum absolute atomic E-state index is 0.184. The van der Waals surface area contributed by atoms with Crippen molar-refractivity contribution in [3.8, 4) is 23.0 Å². The first-order valence-corrected chi connectivity index (χ1v) is 8.86. The number of carbonyl (C=O) groups excluding carboxylic acids is 2. The first kappa shape index (κ1) is 17.9. The molecule has 0 bridgehead atoms. The van der Waals surface area contributed by atoms with Gasteiger partial charge in [0.05, 0.1) is 12.2 Å². The summed E-state index contributed by atoms with van der Waals surface area (Å²) < 4.78 is 26.9. The smallest absolute Gasteiger partial charge is 0.347 e. The van der Waals surface area contributed by atoms with Crippen LogP contribution in [0.3, 0.4) is 0 Å². The van der Waals surface area contributed by atoms with E-state index < -0.39 is 12.1 Å². The van der Waals surface area contributed by atoms with Crippen molar-refractivity contribution in [1.29, 1.82) is 0 Å². The molecule has 0 saturated heterocycles. The molecule has 2 aromatic carbocycles. The highest BCUT2D eigenvalue weighted by atomic mass is 16.7. The zero-order valence-electron chi connectivity index (χ0n) is 15.4. The molecule has 0 spiro atoms. The highest BCUT2D eigenvalue weighted by molar-refractivity contribution is 6.14. The number of hydrogen-bond donors (Lipinski definition) is 0. The lowest BCUT2D eigenvalue weighted by atomic mass is 10.1. The highest BCUT2D eigenvalue weighted by Gasteiger charge is 2.28. The fraction of sp³-hybridized carbons (Fsp3) is 0.238. The molecule has 1 atom stereocenters. The van der Waals surface area contributed by atoms with Gasteiger partial charge in [0.2, 0.25) is 12.6 Å². The van der Waals surface area contributed by atoms with Crippen molar-refractivity contribution in [3.63, 3.8) is 0 Å². The van der Waals surface area contributed by atoms with Crippen LogP contribution in [-0.2, 0) is 9.53 Å². The molecule has 2 aliphatic rings. The van der Waals surface area contributed by atoms with E-state index in [0.717, 1.165) is 5.56 Å². The molecule has 0 unspecified atom stereocenters. The van der Waals surface area contributed by atoms with Crippen LogP contribution < -0.4 is 18.9 Å². The van der Waals surface area contributed by atoms with E-state index in [-0.39, 0.29) is 24.9 Å². The Kier molecular flexibility index (Phi) is 4.65. The number of esters is 1. The van der Waals surface area contributed by atoms with E-state index >= 15 is 0 Å². The van der Waals surface area contributed by atoms with Crippen molar-refractivity contribution in [1.82, 2.24) is 0 Å². The van der Waals surface area contributed by atoms with Crippen LogP contribution >= 0.6 is 0 Å². The molecule has 0 N–H and O–H groups in total. The van der Waals surface area contributed by atoms with Gasteiger partial charge in [-0.3, -0.25) is 4.79 Å². The number of rotatable bonds is 5. The van der Waals surface area contributed by atoms with Crippen LogP contribution in [-0.4, -0.2) is 31.3 Å². The Balaban J connectivity index is 1.52. The highest BCUT2D eigenvalue weighted by Crippen LogP contribution is 2.37. The summed E-state index contributed by atoms with van der Waals surface area (Å²) >= 11 is 0. The second-order valence-corrected chi connectivity index (χ2v) is 6.22. The van der Waals surface area contributed by atoms with Gasteiger partial charge in [0.1, 0.15) is 11.5 Å². The van der Waals surface area contributed by atoms with E-state index in [1.807, 2.05) is 6.07 Å². The molecular weight excluding hydrogens is 364 g/mol. The Bertz CT molecular complexity index is 977. The van der Waals surface area contributed by atoms with Crippen LogP contribution in [0.15, 0.2) is 42.2 Å². The number of ketones is 1. The van der Waals surface area contributed by atoms with Crippen molar-refractivity contribution in [2.24, 2.45) is 0 Å². The molecule has 0 radical (unpaired) electrons. The molecule has 2 aliphatic heterocycles. The van der Waals surface area contributed by atoms with Gasteiger partial charge in [-0.1, -0.05) is 6.07 Å². The molecular formula is C21H18O7. The van der Waals surface area contributed by atoms with Crippen LogP contribution in [0.5, 0.6) is 23.0 Å². The Hall–Kier alpha value is -3.48. The fourth-order valence-electron chi connectivity index (χ4n) is 2.91. The summed E-state index contributed by atoms with van der Waals surface area (Å²) in [5.41, 5.74) is 1.19. The second-order valence-electron chi connectivity index (χ2n) is 6.22. The Labute approximate surface area is 161 Å². The number of allylic oxidation sites excluding steroid dienone is 1. The molecule has 0 amide bonds. The largest absolute Gasteiger partial charge is 0.479 e. The average Bonchev–Trinajstić information content (AvgIpc) is 3.26. The predicted molar refractivity (Wildman–Crippen MR) is 98.7 cm³/mol. The molecule has 7 heteroatoms. The normalized spacial score (nSPS) is 16.5. The van der Waals surface area contributed by atoms with Crippen molar-refractivity contribution in [2.45, 2.75) is 20.0 Å². The van der Waals surface area contributed by atoms with Gasteiger partial charge in [-0.15, -0.1) is 0 Å². The summed E-state index contributed by atoms with van der Waals surface area (Å²) in [6, 6.07) is 10.2. The van der Waals surface area contributed by atoms with Crippen LogP contribution in [0.25, 0.3) is 6.08 Å². The predicted octanol–water partition coefficient (Wildman–Crippen LogP) is 3.36. The van der Waals surface area contributed by atoms with E-state index in [4.69, 9.17) is 23.7 Å². The molecule has 0 saturated carbocycles. The van der Waals surface area contributed by atoms with Crippen LogP contribution in [0.2, 0.25) is 0 Å². The number of fused-ring (bicyclic) bond motifs is 2. The quantitative estimate of drug-likeness (QED) is 0.579. The summed E-state index contributed by atoms with van der Waals surface area (Å²) in [5, 5.41) is 0. The third-order valence-electron chi connectivity index (χ3n) is 4.27. The molecule has 0 aliphatic carbocycles. The lowest BCUT2D eigenvalue weighted by molar-refractivity contribution is -0.150. The average molecular weight is 382 g/mol. The number of Topliss-reactive ketones (excluding diaryl/α,β-unsaturated/α-hetero) is 1. The van der Waals surface area contributed by atoms with Gasteiger partial charge in [-0.25, -0.2) is 4.79 Å². The first-order valence-electron chi connectivity index (χ1n) is 8.86. The molecule has 7 nitrogen and oxygen atoms in total. The zero-order chi connectivity index (χ0) is 19.7. The lowest BCUT2D eigenvalue weighted by Crippen LogP contribution is -2.26. The topological polar surface area (TPSA) is 80.3 Å². The van der Waals surface area contributed by atoms with E-state index in [1.165, 1.54) is 0 Å². The standard InChI is InChI=1S/C21H18O7/c1-3-24-21(23)12(2)27-14-5-6-15-17(10-14)28-19(20(15)22)9-13-4-7-16-18(8-13)26-11-25-16/h4-10,12H,3,11H2,1-2H3/b19-9-/t12-/m1/s1. The Morgan fingerprint density at radius 2 is 1.96 bits per heavy atom. The van der Waals surface area contributed by atoms with Gasteiger partial charge < -0.3 is 23.7 Å². The summed E-state index contributed by atoms with van der Waals surface area (Å²) in [6.07, 6.45) is 0.880. The van der Waals surface area contributed by atoms with Gasteiger partial charge in [-0.05, 0) is 49.8 Å². The maximum atomic E-state index is 12.6. The van der Waals surface area contributed by atoms with Gasteiger partial charge in [0, 0.05) is 6.07 Å². The van der Waals surface area contributed by atoms with E-state index in [0.29, 0.717) is 28.6 Å². The lowest BCUT2D eigenvalue weighted by Gasteiger charge is -2.13. The molecule has 2 heterocycles. The third kappa shape index (κ3) is 3.38.